The van der Waals surface area contributed by atoms with Crippen molar-refractivity contribution in [3.63, 3.8) is 0 Å². The molecule has 24 heavy (non-hydrogen) atoms. The molecule has 0 atom stereocenters. The molecule has 0 saturated heterocycles. The molecule has 1 heterocycles. The first-order valence-electron chi connectivity index (χ1n) is 7.63. The molecule has 0 aliphatic carbocycles. The number of aromatic nitrogens is 1. The lowest BCUT2D eigenvalue weighted by Crippen LogP contribution is -2.43. The number of hydrogen-bond donors (Lipinski definition) is 0. The number of amides is 2. The van der Waals surface area contributed by atoms with Crippen LogP contribution in [0.5, 0.6) is 5.75 Å². The summed E-state index contributed by atoms with van der Waals surface area (Å²) in [7, 11) is 1.50. The van der Waals surface area contributed by atoms with Crippen LogP contribution in [0.2, 0.25) is 0 Å². The Morgan fingerprint density at radius 3 is 1.96 bits per heavy atom. The number of ether oxygens (including phenoxy) is 3. The molecule has 2 amide bonds. The van der Waals surface area contributed by atoms with Gasteiger partial charge in [-0.1, -0.05) is 0 Å². The molecule has 0 bridgehead atoms. The second kappa shape index (κ2) is 7.51. The van der Waals surface area contributed by atoms with Crippen molar-refractivity contribution >= 4 is 12.2 Å². The lowest BCUT2D eigenvalue weighted by Gasteiger charge is -2.28. The van der Waals surface area contributed by atoms with Crippen LogP contribution in [0.4, 0.5) is 9.59 Å². The lowest BCUT2D eigenvalue weighted by molar-refractivity contribution is -0.000343. The fourth-order valence-corrected chi connectivity index (χ4v) is 1.74. The zero-order valence-electron chi connectivity index (χ0n) is 15.4. The summed E-state index contributed by atoms with van der Waals surface area (Å²) in [5, 5.41) is 0. The van der Waals surface area contributed by atoms with Crippen LogP contribution in [0, 0.1) is 0 Å². The standard InChI is InChI=1S/C17H26N2O5/c1-16(2,3)23-14(20)19(15(21)24-17(4,5)6)11-12-10-18-9-8-13(12)22-7/h8-10H,11H2,1-7H3. The van der Waals surface area contributed by atoms with Crippen molar-refractivity contribution in [1.82, 2.24) is 9.88 Å². The second-order valence-electron chi connectivity index (χ2n) is 7.23. The minimum Gasteiger partial charge on any atom is -0.496 e. The van der Waals surface area contributed by atoms with E-state index in [0.29, 0.717) is 11.3 Å². The van der Waals surface area contributed by atoms with Gasteiger partial charge >= 0.3 is 12.2 Å². The average Bonchev–Trinajstić information content (AvgIpc) is 2.41. The van der Waals surface area contributed by atoms with Gasteiger partial charge in [0.05, 0.1) is 13.7 Å². The Morgan fingerprint density at radius 1 is 1.04 bits per heavy atom. The van der Waals surface area contributed by atoms with Gasteiger partial charge in [0.15, 0.2) is 0 Å². The number of carbonyl (C=O) groups is 2. The van der Waals surface area contributed by atoms with Gasteiger partial charge in [-0.05, 0) is 47.6 Å². The Balaban J connectivity index is 3.08. The molecule has 7 nitrogen and oxygen atoms in total. The summed E-state index contributed by atoms with van der Waals surface area (Å²) >= 11 is 0. The Labute approximate surface area is 142 Å². The molecule has 0 unspecified atom stereocenters. The maximum atomic E-state index is 12.4. The highest BCUT2D eigenvalue weighted by Crippen LogP contribution is 2.21. The molecular formula is C17H26N2O5. The number of pyridine rings is 1. The Hall–Kier alpha value is -2.31. The molecule has 1 aromatic rings. The fourth-order valence-electron chi connectivity index (χ4n) is 1.74. The number of carbonyl (C=O) groups excluding carboxylic acids is 2. The molecule has 0 aromatic carbocycles. The van der Waals surface area contributed by atoms with Crippen LogP contribution in [0.15, 0.2) is 18.5 Å². The zero-order chi connectivity index (χ0) is 18.5. The summed E-state index contributed by atoms with van der Waals surface area (Å²) in [6.45, 7) is 10.3. The van der Waals surface area contributed by atoms with Crippen LogP contribution in [-0.4, -0.2) is 40.4 Å². The summed E-state index contributed by atoms with van der Waals surface area (Å²) in [5.74, 6) is 0.516. The summed E-state index contributed by atoms with van der Waals surface area (Å²) in [6.07, 6.45) is 1.51. The van der Waals surface area contributed by atoms with E-state index in [1.807, 2.05) is 0 Å². The summed E-state index contributed by atoms with van der Waals surface area (Å²) in [6, 6.07) is 1.65. The van der Waals surface area contributed by atoms with E-state index >= 15 is 0 Å². The van der Waals surface area contributed by atoms with E-state index in [1.54, 1.807) is 53.8 Å². The molecule has 0 saturated carbocycles. The van der Waals surface area contributed by atoms with Crippen LogP contribution in [0.3, 0.4) is 0 Å². The van der Waals surface area contributed by atoms with E-state index in [4.69, 9.17) is 14.2 Å². The van der Waals surface area contributed by atoms with Gasteiger partial charge in [0.2, 0.25) is 0 Å². The fraction of sp³-hybridized carbons (Fsp3) is 0.588. The van der Waals surface area contributed by atoms with Crippen molar-refractivity contribution in [1.29, 1.82) is 0 Å². The largest absolute Gasteiger partial charge is 0.496 e. The number of hydrogen-bond acceptors (Lipinski definition) is 6. The second-order valence-corrected chi connectivity index (χ2v) is 7.23. The third-order valence-corrected chi connectivity index (χ3v) is 2.63. The summed E-state index contributed by atoms with van der Waals surface area (Å²) in [4.78, 5) is 29.8. The van der Waals surface area contributed by atoms with Gasteiger partial charge < -0.3 is 14.2 Å². The first-order valence-corrected chi connectivity index (χ1v) is 7.63. The summed E-state index contributed by atoms with van der Waals surface area (Å²) < 4.78 is 15.8. The Bertz CT molecular complexity index is 559. The van der Waals surface area contributed by atoms with Gasteiger partial charge in [-0.3, -0.25) is 4.98 Å². The van der Waals surface area contributed by atoms with E-state index in [2.05, 4.69) is 4.98 Å². The lowest BCUT2D eigenvalue weighted by atomic mass is 10.2. The third-order valence-electron chi connectivity index (χ3n) is 2.63. The maximum absolute atomic E-state index is 12.4. The van der Waals surface area contributed by atoms with E-state index in [-0.39, 0.29) is 6.54 Å². The number of nitrogens with zero attached hydrogens (tertiary/aromatic N) is 2. The number of rotatable bonds is 3. The van der Waals surface area contributed by atoms with Crippen molar-refractivity contribution in [3.05, 3.63) is 24.0 Å². The van der Waals surface area contributed by atoms with Crippen molar-refractivity contribution in [3.8, 4) is 5.75 Å². The first kappa shape index (κ1) is 19.7. The molecule has 134 valence electrons. The maximum Gasteiger partial charge on any atom is 0.420 e. The molecule has 7 heteroatoms. The monoisotopic (exact) mass is 338 g/mol. The Kier molecular flexibility index (Phi) is 6.17. The first-order chi connectivity index (χ1) is 10.9. The smallest absolute Gasteiger partial charge is 0.420 e. The quantitative estimate of drug-likeness (QED) is 0.835. The average molecular weight is 338 g/mol. The molecule has 1 rings (SSSR count). The highest BCUT2D eigenvalue weighted by Gasteiger charge is 2.31. The minimum atomic E-state index is -0.789. The molecule has 0 radical (unpaired) electrons. The molecular weight excluding hydrogens is 312 g/mol. The van der Waals surface area contributed by atoms with Gasteiger partial charge in [-0.25, -0.2) is 14.5 Å². The zero-order valence-corrected chi connectivity index (χ0v) is 15.4. The van der Waals surface area contributed by atoms with Crippen LogP contribution >= 0.6 is 0 Å². The van der Waals surface area contributed by atoms with Crippen LogP contribution in [0.1, 0.15) is 47.1 Å². The summed E-state index contributed by atoms with van der Waals surface area (Å²) in [5.41, 5.74) is -0.913. The molecule has 0 N–H and O–H groups in total. The van der Waals surface area contributed by atoms with E-state index in [0.717, 1.165) is 4.90 Å². The van der Waals surface area contributed by atoms with Gasteiger partial charge in [-0.2, -0.15) is 0 Å². The highest BCUT2D eigenvalue weighted by molar-refractivity contribution is 5.88. The SMILES string of the molecule is COc1ccncc1CN(C(=O)OC(C)(C)C)C(=O)OC(C)(C)C. The van der Waals surface area contributed by atoms with Crippen LogP contribution < -0.4 is 4.74 Å². The van der Waals surface area contributed by atoms with Crippen LogP contribution in [-0.2, 0) is 16.0 Å². The molecule has 1 aromatic heterocycles. The number of imide groups is 1. The Morgan fingerprint density at radius 2 is 1.54 bits per heavy atom. The van der Waals surface area contributed by atoms with Gasteiger partial charge in [0.1, 0.15) is 17.0 Å². The van der Waals surface area contributed by atoms with Crippen molar-refractivity contribution in [2.45, 2.75) is 59.3 Å². The van der Waals surface area contributed by atoms with Gasteiger partial charge in [0.25, 0.3) is 0 Å². The van der Waals surface area contributed by atoms with Gasteiger partial charge in [0, 0.05) is 18.0 Å². The van der Waals surface area contributed by atoms with Crippen LogP contribution in [0.25, 0.3) is 0 Å². The minimum absolute atomic E-state index is 0.0686. The topological polar surface area (TPSA) is 78.0 Å². The predicted molar refractivity (Wildman–Crippen MR) is 88.8 cm³/mol. The predicted octanol–water partition coefficient (Wildman–Crippen LogP) is 3.76. The van der Waals surface area contributed by atoms with E-state index in [1.165, 1.54) is 13.3 Å². The van der Waals surface area contributed by atoms with Crippen molar-refractivity contribution in [2.24, 2.45) is 0 Å². The normalized spacial score (nSPS) is 11.6. The van der Waals surface area contributed by atoms with Crippen molar-refractivity contribution in [2.75, 3.05) is 7.11 Å². The van der Waals surface area contributed by atoms with Crippen molar-refractivity contribution < 1.29 is 23.8 Å². The molecule has 0 aliphatic heterocycles. The molecule has 0 spiro atoms. The highest BCUT2D eigenvalue weighted by atomic mass is 16.6. The third kappa shape index (κ3) is 6.44. The van der Waals surface area contributed by atoms with E-state index in [9.17, 15) is 9.59 Å². The molecule has 0 aliphatic rings. The number of methoxy groups -OCH3 is 1. The molecule has 0 fully saturated rings. The van der Waals surface area contributed by atoms with Gasteiger partial charge in [-0.15, -0.1) is 0 Å². The van der Waals surface area contributed by atoms with E-state index < -0.39 is 23.4 Å².